The van der Waals surface area contributed by atoms with Crippen LogP contribution in [0.15, 0.2) is 53.7 Å². The Morgan fingerprint density at radius 2 is 2.08 bits per heavy atom. The third kappa shape index (κ3) is 4.54. The summed E-state index contributed by atoms with van der Waals surface area (Å²) < 4.78 is 5.50. The van der Waals surface area contributed by atoms with Crippen molar-refractivity contribution in [2.24, 2.45) is 0 Å². The third-order valence-corrected chi connectivity index (χ3v) is 4.69. The lowest BCUT2D eigenvalue weighted by Crippen LogP contribution is -2.30. The molecule has 0 aliphatic rings. The number of nitrogens with one attached hydrogen (secondary N) is 2. The molecule has 0 bridgehead atoms. The number of H-pyrrole nitrogens is 1. The maximum absolute atomic E-state index is 12.3. The van der Waals surface area contributed by atoms with E-state index in [0.29, 0.717) is 13.2 Å². The number of aromatic nitrogens is 2. The minimum Gasteiger partial charge on any atom is -0.494 e. The van der Waals surface area contributed by atoms with Crippen molar-refractivity contribution >= 4 is 28.7 Å². The lowest BCUT2D eigenvalue weighted by molar-refractivity contribution is -0.120. The molecule has 0 fully saturated rings. The molecule has 0 aliphatic carbocycles. The molecule has 0 saturated carbocycles. The highest BCUT2D eigenvalue weighted by Gasteiger charge is 2.16. The average molecular weight is 355 g/mol. The average Bonchev–Trinajstić information content (AvgIpc) is 3.02. The van der Waals surface area contributed by atoms with Gasteiger partial charge in [-0.1, -0.05) is 42.1 Å². The second-order valence-corrected chi connectivity index (χ2v) is 6.95. The van der Waals surface area contributed by atoms with Gasteiger partial charge in [0.25, 0.3) is 0 Å². The summed E-state index contributed by atoms with van der Waals surface area (Å²) in [4.78, 5) is 20.1. The van der Waals surface area contributed by atoms with Gasteiger partial charge in [-0.25, -0.2) is 4.98 Å². The molecule has 1 heterocycles. The Morgan fingerprint density at radius 3 is 2.84 bits per heavy atom. The van der Waals surface area contributed by atoms with Gasteiger partial charge in [-0.2, -0.15) is 0 Å². The minimum absolute atomic E-state index is 0.00989. The Labute approximate surface area is 151 Å². The highest BCUT2D eigenvalue weighted by Crippen LogP contribution is 2.26. The first-order valence-electron chi connectivity index (χ1n) is 8.26. The molecule has 6 heteroatoms. The lowest BCUT2D eigenvalue weighted by Gasteiger charge is -2.10. The van der Waals surface area contributed by atoms with E-state index < -0.39 is 0 Å². The molecule has 0 radical (unpaired) electrons. The summed E-state index contributed by atoms with van der Waals surface area (Å²) in [5, 5.41) is 3.44. The molecule has 25 heavy (non-hydrogen) atoms. The van der Waals surface area contributed by atoms with Gasteiger partial charge in [0, 0.05) is 12.6 Å². The maximum atomic E-state index is 12.3. The summed E-state index contributed by atoms with van der Waals surface area (Å²) in [6.07, 6.45) is 0. The number of benzene rings is 2. The number of carbonyl (C=O) groups is 1. The quantitative estimate of drug-likeness (QED) is 0.633. The van der Waals surface area contributed by atoms with Crippen LogP contribution >= 0.6 is 11.8 Å². The zero-order chi connectivity index (χ0) is 17.6. The molecule has 2 N–H and O–H groups in total. The molecule has 1 amide bonds. The molecule has 0 aliphatic heterocycles. The molecule has 3 rings (SSSR count). The summed E-state index contributed by atoms with van der Waals surface area (Å²) >= 11 is 1.41. The van der Waals surface area contributed by atoms with E-state index in [1.165, 1.54) is 11.8 Å². The fourth-order valence-electron chi connectivity index (χ4n) is 2.43. The zero-order valence-corrected chi connectivity index (χ0v) is 15.1. The molecule has 130 valence electrons. The van der Waals surface area contributed by atoms with Crippen molar-refractivity contribution in [3.8, 4) is 5.75 Å². The monoisotopic (exact) mass is 355 g/mol. The van der Waals surface area contributed by atoms with E-state index in [1.54, 1.807) is 0 Å². The van der Waals surface area contributed by atoms with Crippen LogP contribution in [0.25, 0.3) is 11.0 Å². The number of imidazole rings is 1. The fraction of sp³-hybridized carbons (Fsp3) is 0.263. The van der Waals surface area contributed by atoms with Gasteiger partial charge in [0.05, 0.1) is 22.9 Å². The Kier molecular flexibility index (Phi) is 5.60. The Bertz CT molecular complexity index is 848. The molecule has 2 aromatic carbocycles. The van der Waals surface area contributed by atoms with Gasteiger partial charge in [0.1, 0.15) is 5.75 Å². The number of carbonyl (C=O) groups excluding carboxylic acids is 1. The second-order valence-electron chi connectivity index (χ2n) is 5.62. The summed E-state index contributed by atoms with van der Waals surface area (Å²) in [5.41, 5.74) is 2.86. The van der Waals surface area contributed by atoms with Crippen molar-refractivity contribution in [2.45, 2.75) is 30.8 Å². The SMILES string of the molecule is CCOc1ccc2nc(SC(C)C(=O)NCc3ccccc3)[nH]c2c1. The molecule has 3 aromatic rings. The first-order valence-corrected chi connectivity index (χ1v) is 9.14. The molecule has 1 atom stereocenters. The van der Waals surface area contributed by atoms with Crippen molar-refractivity contribution in [2.75, 3.05) is 6.61 Å². The van der Waals surface area contributed by atoms with Crippen LogP contribution in [0.4, 0.5) is 0 Å². The fourth-order valence-corrected chi connectivity index (χ4v) is 3.27. The summed E-state index contributed by atoms with van der Waals surface area (Å²) in [5.74, 6) is 0.799. The van der Waals surface area contributed by atoms with Gasteiger partial charge in [-0.3, -0.25) is 4.79 Å². The normalized spacial score (nSPS) is 12.1. The van der Waals surface area contributed by atoms with E-state index in [4.69, 9.17) is 4.74 Å². The molecule has 1 aromatic heterocycles. The lowest BCUT2D eigenvalue weighted by atomic mass is 10.2. The first kappa shape index (κ1) is 17.4. The van der Waals surface area contributed by atoms with E-state index in [0.717, 1.165) is 27.5 Å². The van der Waals surface area contributed by atoms with Crippen LogP contribution in [0.2, 0.25) is 0 Å². The van der Waals surface area contributed by atoms with Crippen molar-refractivity contribution < 1.29 is 9.53 Å². The van der Waals surface area contributed by atoms with Crippen LogP contribution < -0.4 is 10.1 Å². The molecule has 1 unspecified atom stereocenters. The third-order valence-electron chi connectivity index (χ3n) is 3.71. The highest BCUT2D eigenvalue weighted by molar-refractivity contribution is 8.00. The zero-order valence-electron chi connectivity index (χ0n) is 14.3. The van der Waals surface area contributed by atoms with Gasteiger partial charge < -0.3 is 15.0 Å². The Balaban J connectivity index is 1.60. The van der Waals surface area contributed by atoms with Crippen molar-refractivity contribution in [3.63, 3.8) is 0 Å². The second kappa shape index (κ2) is 8.07. The van der Waals surface area contributed by atoms with Gasteiger partial charge in [0.2, 0.25) is 5.91 Å². The number of fused-ring (bicyclic) bond motifs is 1. The molecule has 5 nitrogen and oxygen atoms in total. The van der Waals surface area contributed by atoms with E-state index in [2.05, 4.69) is 15.3 Å². The van der Waals surface area contributed by atoms with Crippen molar-refractivity contribution in [1.29, 1.82) is 0 Å². The molecule has 0 spiro atoms. The number of hydrogen-bond donors (Lipinski definition) is 2. The summed E-state index contributed by atoms with van der Waals surface area (Å²) in [6, 6.07) is 15.6. The van der Waals surface area contributed by atoms with Gasteiger partial charge in [-0.05, 0) is 31.5 Å². The van der Waals surface area contributed by atoms with Gasteiger partial charge in [0.15, 0.2) is 5.16 Å². The van der Waals surface area contributed by atoms with Gasteiger partial charge in [-0.15, -0.1) is 0 Å². The molecule has 0 saturated heterocycles. The predicted molar refractivity (Wildman–Crippen MR) is 101 cm³/mol. The smallest absolute Gasteiger partial charge is 0.233 e. The van der Waals surface area contributed by atoms with Crippen LogP contribution in [0.3, 0.4) is 0 Å². The number of rotatable bonds is 7. The van der Waals surface area contributed by atoms with E-state index in [1.807, 2.05) is 62.4 Å². The summed E-state index contributed by atoms with van der Waals surface area (Å²) in [6.45, 7) is 4.99. The van der Waals surface area contributed by atoms with Crippen LogP contribution in [-0.4, -0.2) is 27.7 Å². The Morgan fingerprint density at radius 1 is 1.28 bits per heavy atom. The molecular weight excluding hydrogens is 334 g/mol. The van der Waals surface area contributed by atoms with E-state index in [9.17, 15) is 4.79 Å². The standard InChI is InChI=1S/C19H21N3O2S/c1-3-24-15-9-10-16-17(11-15)22-19(21-16)25-13(2)18(23)20-12-14-7-5-4-6-8-14/h4-11,13H,3,12H2,1-2H3,(H,20,23)(H,21,22). The highest BCUT2D eigenvalue weighted by atomic mass is 32.2. The number of hydrogen-bond acceptors (Lipinski definition) is 4. The molecular formula is C19H21N3O2S. The van der Waals surface area contributed by atoms with Crippen LogP contribution in [0.5, 0.6) is 5.75 Å². The number of nitrogens with zero attached hydrogens (tertiary/aromatic N) is 1. The number of aromatic amines is 1. The Hall–Kier alpha value is -2.47. The summed E-state index contributed by atoms with van der Waals surface area (Å²) in [7, 11) is 0. The van der Waals surface area contributed by atoms with E-state index >= 15 is 0 Å². The van der Waals surface area contributed by atoms with Crippen molar-refractivity contribution in [3.05, 3.63) is 54.1 Å². The van der Waals surface area contributed by atoms with Crippen LogP contribution in [0.1, 0.15) is 19.4 Å². The maximum Gasteiger partial charge on any atom is 0.233 e. The number of ether oxygens (including phenoxy) is 1. The topological polar surface area (TPSA) is 67.0 Å². The number of amides is 1. The first-order chi connectivity index (χ1) is 12.2. The van der Waals surface area contributed by atoms with Crippen molar-refractivity contribution in [1.82, 2.24) is 15.3 Å². The number of thioether (sulfide) groups is 1. The van der Waals surface area contributed by atoms with Crippen LogP contribution in [-0.2, 0) is 11.3 Å². The van der Waals surface area contributed by atoms with E-state index in [-0.39, 0.29) is 11.2 Å². The largest absolute Gasteiger partial charge is 0.494 e. The predicted octanol–water partition coefficient (Wildman–Crippen LogP) is 3.76. The minimum atomic E-state index is -0.240. The van der Waals surface area contributed by atoms with Gasteiger partial charge >= 0.3 is 0 Å². The van der Waals surface area contributed by atoms with Crippen LogP contribution in [0, 0.1) is 0 Å².